The van der Waals surface area contributed by atoms with Crippen LogP contribution in [0.3, 0.4) is 0 Å². The lowest BCUT2D eigenvalue weighted by Crippen LogP contribution is -2.19. The van der Waals surface area contributed by atoms with Crippen LogP contribution in [0.1, 0.15) is 27.2 Å². The topological polar surface area (TPSA) is 29.1 Å². The minimum Gasteiger partial charge on any atom is -0.325 e. The molecule has 1 amide bonds. The van der Waals surface area contributed by atoms with Crippen LogP contribution in [0.2, 0.25) is 5.02 Å². The van der Waals surface area contributed by atoms with Crippen LogP contribution in [-0.2, 0) is 4.79 Å². The minimum atomic E-state index is -0.0219. The SMILES string of the molecule is CC(C)(C)CC(=O)Nc1ccc(Br)cc1Cl. The number of carbonyl (C=O) groups is 1. The highest BCUT2D eigenvalue weighted by Crippen LogP contribution is 2.27. The van der Waals surface area contributed by atoms with Crippen LogP contribution in [-0.4, -0.2) is 5.91 Å². The van der Waals surface area contributed by atoms with Gasteiger partial charge >= 0.3 is 0 Å². The summed E-state index contributed by atoms with van der Waals surface area (Å²) in [6, 6.07) is 5.39. The zero-order chi connectivity index (χ0) is 12.3. The molecule has 0 bridgehead atoms. The molecular weight excluding hydrogens is 289 g/mol. The molecule has 0 unspecified atom stereocenters. The first kappa shape index (κ1) is 13.5. The maximum Gasteiger partial charge on any atom is 0.224 e. The number of hydrogen-bond acceptors (Lipinski definition) is 1. The molecule has 0 spiro atoms. The van der Waals surface area contributed by atoms with Crippen molar-refractivity contribution in [2.75, 3.05) is 5.32 Å². The molecule has 1 aromatic carbocycles. The van der Waals surface area contributed by atoms with E-state index in [2.05, 4.69) is 21.2 Å². The Labute approximate surface area is 110 Å². The molecular formula is C12H15BrClNO. The van der Waals surface area contributed by atoms with E-state index < -0.39 is 0 Å². The number of hydrogen-bond donors (Lipinski definition) is 1. The largest absolute Gasteiger partial charge is 0.325 e. The van der Waals surface area contributed by atoms with Crippen molar-refractivity contribution < 1.29 is 4.79 Å². The molecule has 0 atom stereocenters. The number of amides is 1. The van der Waals surface area contributed by atoms with Gasteiger partial charge in [0.15, 0.2) is 0 Å². The standard InChI is InChI=1S/C12H15BrClNO/c1-12(2,3)7-11(16)15-10-5-4-8(13)6-9(10)14/h4-6H,7H2,1-3H3,(H,15,16). The van der Waals surface area contributed by atoms with Crippen LogP contribution in [0.25, 0.3) is 0 Å². The van der Waals surface area contributed by atoms with Crippen molar-refractivity contribution in [1.29, 1.82) is 0 Å². The third-order valence-electron chi connectivity index (χ3n) is 1.90. The van der Waals surface area contributed by atoms with E-state index in [1.54, 1.807) is 12.1 Å². The number of carbonyl (C=O) groups excluding carboxylic acids is 1. The Balaban J connectivity index is 2.70. The van der Waals surface area contributed by atoms with Gasteiger partial charge in [-0.1, -0.05) is 48.3 Å². The molecule has 0 heterocycles. The number of halogens is 2. The molecule has 0 aromatic heterocycles. The predicted octanol–water partition coefficient (Wildman–Crippen LogP) is 4.48. The number of benzene rings is 1. The molecule has 16 heavy (non-hydrogen) atoms. The molecule has 0 fully saturated rings. The predicted molar refractivity (Wildman–Crippen MR) is 71.9 cm³/mol. The van der Waals surface area contributed by atoms with Gasteiger partial charge in [0.05, 0.1) is 10.7 Å². The van der Waals surface area contributed by atoms with Gasteiger partial charge in [0.2, 0.25) is 5.91 Å². The average Bonchev–Trinajstić information content (AvgIpc) is 2.06. The highest BCUT2D eigenvalue weighted by Gasteiger charge is 2.16. The summed E-state index contributed by atoms with van der Waals surface area (Å²) in [6.07, 6.45) is 0.472. The van der Waals surface area contributed by atoms with E-state index in [9.17, 15) is 4.79 Å². The summed E-state index contributed by atoms with van der Waals surface area (Å²) in [7, 11) is 0. The van der Waals surface area contributed by atoms with Crippen molar-refractivity contribution in [3.63, 3.8) is 0 Å². The molecule has 88 valence electrons. The van der Waals surface area contributed by atoms with Crippen molar-refractivity contribution in [2.45, 2.75) is 27.2 Å². The van der Waals surface area contributed by atoms with Gasteiger partial charge < -0.3 is 5.32 Å². The van der Waals surface area contributed by atoms with E-state index >= 15 is 0 Å². The third-order valence-corrected chi connectivity index (χ3v) is 2.70. The van der Waals surface area contributed by atoms with E-state index in [4.69, 9.17) is 11.6 Å². The fourth-order valence-corrected chi connectivity index (χ4v) is 1.99. The van der Waals surface area contributed by atoms with Crippen molar-refractivity contribution >= 4 is 39.1 Å². The maximum atomic E-state index is 11.7. The molecule has 4 heteroatoms. The zero-order valence-corrected chi connectivity index (χ0v) is 11.9. The summed E-state index contributed by atoms with van der Waals surface area (Å²) in [6.45, 7) is 6.07. The molecule has 1 aromatic rings. The smallest absolute Gasteiger partial charge is 0.224 e. The second-order valence-corrected chi connectivity index (χ2v) is 6.23. The monoisotopic (exact) mass is 303 g/mol. The fraction of sp³-hybridized carbons (Fsp3) is 0.417. The van der Waals surface area contributed by atoms with Crippen molar-refractivity contribution in [2.24, 2.45) is 5.41 Å². The van der Waals surface area contributed by atoms with Crippen LogP contribution < -0.4 is 5.32 Å². The van der Waals surface area contributed by atoms with Gasteiger partial charge in [-0.25, -0.2) is 0 Å². The second kappa shape index (κ2) is 5.19. The molecule has 0 saturated carbocycles. The highest BCUT2D eigenvalue weighted by atomic mass is 79.9. The van der Waals surface area contributed by atoms with Gasteiger partial charge in [-0.15, -0.1) is 0 Å². The van der Waals surface area contributed by atoms with Gasteiger partial charge in [-0.05, 0) is 23.6 Å². The first-order valence-corrected chi connectivity index (χ1v) is 6.20. The first-order chi connectivity index (χ1) is 7.28. The Morgan fingerprint density at radius 1 is 1.44 bits per heavy atom. The molecule has 1 N–H and O–H groups in total. The third kappa shape index (κ3) is 4.54. The lowest BCUT2D eigenvalue weighted by molar-refractivity contribution is -0.117. The van der Waals surface area contributed by atoms with Crippen LogP contribution >= 0.6 is 27.5 Å². The molecule has 0 aliphatic heterocycles. The minimum absolute atomic E-state index is 0.0169. The molecule has 0 aliphatic rings. The Hall–Kier alpha value is -0.540. The molecule has 0 aliphatic carbocycles. The number of rotatable bonds is 2. The average molecular weight is 305 g/mol. The van der Waals surface area contributed by atoms with E-state index in [-0.39, 0.29) is 11.3 Å². The summed E-state index contributed by atoms with van der Waals surface area (Å²) in [5, 5.41) is 3.34. The summed E-state index contributed by atoms with van der Waals surface area (Å²) in [4.78, 5) is 11.7. The summed E-state index contributed by atoms with van der Waals surface area (Å²) in [5.74, 6) is -0.0169. The molecule has 0 radical (unpaired) electrons. The first-order valence-electron chi connectivity index (χ1n) is 5.03. The van der Waals surface area contributed by atoms with Gasteiger partial charge in [0, 0.05) is 10.9 Å². The Morgan fingerprint density at radius 2 is 2.06 bits per heavy atom. The van der Waals surface area contributed by atoms with Crippen LogP contribution in [0.15, 0.2) is 22.7 Å². The van der Waals surface area contributed by atoms with E-state index in [1.165, 1.54) is 0 Å². The van der Waals surface area contributed by atoms with Gasteiger partial charge in [-0.2, -0.15) is 0 Å². The van der Waals surface area contributed by atoms with E-state index in [1.807, 2.05) is 26.8 Å². The molecule has 1 rings (SSSR count). The van der Waals surface area contributed by atoms with Crippen molar-refractivity contribution in [3.05, 3.63) is 27.7 Å². The van der Waals surface area contributed by atoms with Crippen LogP contribution in [0.4, 0.5) is 5.69 Å². The van der Waals surface area contributed by atoms with Crippen LogP contribution in [0.5, 0.6) is 0 Å². The summed E-state index contributed by atoms with van der Waals surface area (Å²) in [5.41, 5.74) is 0.630. The van der Waals surface area contributed by atoms with Gasteiger partial charge in [0.25, 0.3) is 0 Å². The molecule has 0 saturated heterocycles. The maximum absolute atomic E-state index is 11.7. The van der Waals surface area contributed by atoms with Gasteiger partial charge in [-0.3, -0.25) is 4.79 Å². The van der Waals surface area contributed by atoms with E-state index in [0.717, 1.165) is 4.47 Å². The lowest BCUT2D eigenvalue weighted by Gasteiger charge is -2.17. The van der Waals surface area contributed by atoms with E-state index in [0.29, 0.717) is 17.1 Å². The quantitative estimate of drug-likeness (QED) is 0.857. The summed E-state index contributed by atoms with van der Waals surface area (Å²) >= 11 is 9.31. The second-order valence-electron chi connectivity index (χ2n) is 4.91. The van der Waals surface area contributed by atoms with Crippen LogP contribution in [0, 0.1) is 5.41 Å². The zero-order valence-electron chi connectivity index (χ0n) is 9.60. The normalized spacial score (nSPS) is 11.3. The summed E-state index contributed by atoms with van der Waals surface area (Å²) < 4.78 is 0.895. The highest BCUT2D eigenvalue weighted by molar-refractivity contribution is 9.10. The van der Waals surface area contributed by atoms with Crippen molar-refractivity contribution in [1.82, 2.24) is 0 Å². The number of nitrogens with one attached hydrogen (secondary N) is 1. The van der Waals surface area contributed by atoms with Crippen molar-refractivity contribution in [3.8, 4) is 0 Å². The number of anilines is 1. The Bertz CT molecular complexity index is 398. The lowest BCUT2D eigenvalue weighted by atomic mass is 9.92. The molecule has 2 nitrogen and oxygen atoms in total. The fourth-order valence-electron chi connectivity index (χ4n) is 1.27. The van der Waals surface area contributed by atoms with Gasteiger partial charge in [0.1, 0.15) is 0 Å². The Morgan fingerprint density at radius 3 is 2.56 bits per heavy atom. The Kier molecular flexibility index (Phi) is 4.39.